The Hall–Kier alpha value is -1.26. The standard InChI is InChI=1S/C14H23NO4/c1-14(2,3)19-13(18)15-7-10-5-9-4-8(10)6-11(9)12(16)17/h8-11H,4-7H2,1-3H3,(H,15,18)(H,16,17). The molecule has 0 aliphatic heterocycles. The van der Waals surface area contributed by atoms with Crippen molar-refractivity contribution in [3.05, 3.63) is 0 Å². The molecule has 4 atom stereocenters. The van der Waals surface area contributed by atoms with Gasteiger partial charge in [0.15, 0.2) is 0 Å². The van der Waals surface area contributed by atoms with Gasteiger partial charge in [-0.05, 0) is 57.8 Å². The van der Waals surface area contributed by atoms with Gasteiger partial charge in [0.25, 0.3) is 0 Å². The van der Waals surface area contributed by atoms with E-state index in [2.05, 4.69) is 5.32 Å². The number of carbonyl (C=O) groups is 2. The summed E-state index contributed by atoms with van der Waals surface area (Å²) < 4.78 is 5.19. The molecule has 0 aromatic carbocycles. The Bertz CT molecular complexity index is 374. The van der Waals surface area contributed by atoms with Crippen molar-refractivity contribution < 1.29 is 19.4 Å². The Balaban J connectivity index is 1.76. The zero-order chi connectivity index (χ0) is 14.2. The van der Waals surface area contributed by atoms with E-state index in [-0.39, 0.29) is 12.0 Å². The fraction of sp³-hybridized carbons (Fsp3) is 0.857. The Morgan fingerprint density at radius 3 is 2.37 bits per heavy atom. The van der Waals surface area contributed by atoms with Crippen LogP contribution in [0.1, 0.15) is 40.0 Å². The smallest absolute Gasteiger partial charge is 0.407 e. The molecular formula is C14H23NO4. The molecule has 2 aliphatic carbocycles. The maximum absolute atomic E-state index is 11.6. The molecule has 2 fully saturated rings. The van der Waals surface area contributed by atoms with Crippen LogP contribution in [0.3, 0.4) is 0 Å². The van der Waals surface area contributed by atoms with Gasteiger partial charge in [-0.25, -0.2) is 4.79 Å². The summed E-state index contributed by atoms with van der Waals surface area (Å²) in [4.78, 5) is 22.6. The molecule has 2 saturated carbocycles. The summed E-state index contributed by atoms with van der Waals surface area (Å²) in [6, 6.07) is 0. The number of rotatable bonds is 3. The van der Waals surface area contributed by atoms with Gasteiger partial charge in [0.2, 0.25) is 0 Å². The average Bonchev–Trinajstić information content (AvgIpc) is 2.82. The molecule has 4 unspecified atom stereocenters. The number of aliphatic carboxylic acids is 1. The summed E-state index contributed by atoms with van der Waals surface area (Å²) >= 11 is 0. The number of ether oxygens (including phenoxy) is 1. The lowest BCUT2D eigenvalue weighted by atomic mass is 9.82. The van der Waals surface area contributed by atoms with Crippen molar-refractivity contribution in [1.29, 1.82) is 0 Å². The van der Waals surface area contributed by atoms with Crippen LogP contribution in [0.15, 0.2) is 0 Å². The zero-order valence-electron chi connectivity index (χ0n) is 11.8. The first-order chi connectivity index (χ1) is 8.76. The van der Waals surface area contributed by atoms with Gasteiger partial charge < -0.3 is 15.2 Å². The fourth-order valence-corrected chi connectivity index (χ4v) is 3.48. The van der Waals surface area contributed by atoms with Crippen LogP contribution in [0, 0.1) is 23.7 Å². The Morgan fingerprint density at radius 1 is 1.21 bits per heavy atom. The molecule has 0 saturated heterocycles. The zero-order valence-corrected chi connectivity index (χ0v) is 11.8. The second kappa shape index (κ2) is 5.02. The summed E-state index contributed by atoms with van der Waals surface area (Å²) in [6.07, 6.45) is 2.29. The van der Waals surface area contributed by atoms with Gasteiger partial charge in [-0.15, -0.1) is 0 Å². The van der Waals surface area contributed by atoms with E-state index in [0.717, 1.165) is 19.3 Å². The van der Waals surface area contributed by atoms with Crippen LogP contribution in [0.2, 0.25) is 0 Å². The van der Waals surface area contributed by atoms with Crippen LogP contribution in [-0.4, -0.2) is 29.3 Å². The molecule has 0 aromatic rings. The van der Waals surface area contributed by atoms with Gasteiger partial charge in [0, 0.05) is 6.54 Å². The first-order valence-electron chi connectivity index (χ1n) is 6.96. The molecule has 2 rings (SSSR count). The first-order valence-corrected chi connectivity index (χ1v) is 6.96. The van der Waals surface area contributed by atoms with E-state index in [0.29, 0.717) is 24.3 Å². The van der Waals surface area contributed by atoms with Gasteiger partial charge in [-0.3, -0.25) is 4.79 Å². The average molecular weight is 269 g/mol. The number of fused-ring (bicyclic) bond motifs is 2. The maximum atomic E-state index is 11.6. The third kappa shape index (κ3) is 3.39. The number of hydrogen-bond donors (Lipinski definition) is 2. The summed E-state index contributed by atoms with van der Waals surface area (Å²) in [6.45, 7) is 6.10. The Labute approximate surface area is 113 Å². The normalized spacial score (nSPS) is 33.2. The molecule has 0 radical (unpaired) electrons. The van der Waals surface area contributed by atoms with Crippen molar-refractivity contribution in [3.63, 3.8) is 0 Å². The molecule has 0 aromatic heterocycles. The maximum Gasteiger partial charge on any atom is 0.407 e. The topological polar surface area (TPSA) is 75.6 Å². The van der Waals surface area contributed by atoms with Crippen molar-refractivity contribution in [2.24, 2.45) is 23.7 Å². The summed E-state index contributed by atoms with van der Waals surface area (Å²) in [5.74, 6) is 0.330. The summed E-state index contributed by atoms with van der Waals surface area (Å²) in [7, 11) is 0. The fourth-order valence-electron chi connectivity index (χ4n) is 3.48. The summed E-state index contributed by atoms with van der Waals surface area (Å²) in [5, 5.41) is 11.9. The third-order valence-corrected chi connectivity index (χ3v) is 4.23. The van der Waals surface area contributed by atoms with E-state index in [9.17, 15) is 9.59 Å². The van der Waals surface area contributed by atoms with Crippen molar-refractivity contribution in [2.45, 2.75) is 45.6 Å². The second-order valence-corrected chi connectivity index (χ2v) is 6.81. The van der Waals surface area contributed by atoms with Crippen molar-refractivity contribution in [3.8, 4) is 0 Å². The lowest BCUT2D eigenvalue weighted by Gasteiger charge is -2.26. The minimum Gasteiger partial charge on any atom is -0.481 e. The molecule has 19 heavy (non-hydrogen) atoms. The lowest BCUT2D eigenvalue weighted by molar-refractivity contribution is -0.143. The minimum atomic E-state index is -0.661. The minimum absolute atomic E-state index is 0.164. The number of carboxylic acid groups (broad SMARTS) is 1. The van der Waals surface area contributed by atoms with Crippen molar-refractivity contribution in [1.82, 2.24) is 5.32 Å². The lowest BCUT2D eigenvalue weighted by Crippen LogP contribution is -2.37. The second-order valence-electron chi connectivity index (χ2n) is 6.81. The van der Waals surface area contributed by atoms with Gasteiger partial charge >= 0.3 is 12.1 Å². The molecular weight excluding hydrogens is 246 g/mol. The van der Waals surface area contributed by atoms with E-state index in [1.807, 2.05) is 20.8 Å². The molecule has 1 amide bonds. The summed E-state index contributed by atoms with van der Waals surface area (Å²) in [5.41, 5.74) is -0.479. The number of carboxylic acids is 1. The molecule has 0 heterocycles. The quantitative estimate of drug-likeness (QED) is 0.824. The van der Waals surface area contributed by atoms with Crippen molar-refractivity contribution >= 4 is 12.1 Å². The van der Waals surface area contributed by atoms with E-state index >= 15 is 0 Å². The van der Waals surface area contributed by atoms with Crippen LogP contribution in [-0.2, 0) is 9.53 Å². The highest BCUT2D eigenvalue weighted by Gasteiger charge is 2.48. The predicted molar refractivity (Wildman–Crippen MR) is 69.7 cm³/mol. The van der Waals surface area contributed by atoms with Crippen LogP contribution in [0.4, 0.5) is 4.79 Å². The third-order valence-electron chi connectivity index (χ3n) is 4.23. The van der Waals surface area contributed by atoms with Gasteiger partial charge in [-0.1, -0.05) is 0 Å². The van der Waals surface area contributed by atoms with E-state index < -0.39 is 11.6 Å². The highest BCUT2D eigenvalue weighted by molar-refractivity contribution is 5.71. The highest BCUT2D eigenvalue weighted by Crippen LogP contribution is 2.51. The van der Waals surface area contributed by atoms with Gasteiger partial charge in [-0.2, -0.15) is 0 Å². The molecule has 2 bridgehead atoms. The molecule has 5 nitrogen and oxygen atoms in total. The van der Waals surface area contributed by atoms with E-state index in [1.165, 1.54) is 0 Å². The van der Waals surface area contributed by atoms with Crippen LogP contribution >= 0.6 is 0 Å². The van der Waals surface area contributed by atoms with Gasteiger partial charge in [0.1, 0.15) is 5.60 Å². The highest BCUT2D eigenvalue weighted by atomic mass is 16.6. The Morgan fingerprint density at radius 2 is 1.89 bits per heavy atom. The number of nitrogens with one attached hydrogen (secondary N) is 1. The first kappa shape index (κ1) is 14.2. The Kier molecular flexibility index (Phi) is 3.74. The molecule has 2 N–H and O–H groups in total. The molecule has 2 aliphatic rings. The molecule has 0 spiro atoms. The van der Waals surface area contributed by atoms with Crippen molar-refractivity contribution in [2.75, 3.05) is 6.54 Å². The SMILES string of the molecule is CC(C)(C)OC(=O)NCC1CC2CC1CC2C(=O)O. The van der Waals surface area contributed by atoms with Crippen LogP contribution < -0.4 is 5.32 Å². The molecule has 108 valence electrons. The monoisotopic (exact) mass is 269 g/mol. The largest absolute Gasteiger partial charge is 0.481 e. The number of amides is 1. The van der Waals surface area contributed by atoms with Gasteiger partial charge in [0.05, 0.1) is 5.92 Å². The number of carbonyl (C=O) groups excluding carboxylic acids is 1. The number of hydrogen-bond acceptors (Lipinski definition) is 3. The van der Waals surface area contributed by atoms with E-state index in [1.54, 1.807) is 0 Å². The van der Waals surface area contributed by atoms with E-state index in [4.69, 9.17) is 9.84 Å². The van der Waals surface area contributed by atoms with Crippen LogP contribution in [0.25, 0.3) is 0 Å². The molecule has 5 heteroatoms. The van der Waals surface area contributed by atoms with Crippen LogP contribution in [0.5, 0.6) is 0 Å². The number of alkyl carbamates (subject to hydrolysis) is 1. The predicted octanol–water partition coefficient (Wildman–Crippen LogP) is 2.26.